The van der Waals surface area contributed by atoms with E-state index in [9.17, 15) is 9.59 Å². The number of hydrogen-bond acceptors (Lipinski definition) is 5. The Balaban J connectivity index is 1.34. The number of nitrogens with zero attached hydrogens (tertiary/aromatic N) is 3. The van der Waals surface area contributed by atoms with Crippen molar-refractivity contribution in [2.45, 2.75) is 52.0 Å². The average Bonchev–Trinajstić information content (AvgIpc) is 3.42. The van der Waals surface area contributed by atoms with E-state index >= 15 is 0 Å². The molecule has 4 rings (SSSR count). The highest BCUT2D eigenvalue weighted by molar-refractivity contribution is 5.92. The lowest BCUT2D eigenvalue weighted by atomic mass is 9.92. The van der Waals surface area contributed by atoms with Gasteiger partial charge in [-0.1, -0.05) is 39.0 Å². The van der Waals surface area contributed by atoms with Crippen LogP contribution in [0, 0.1) is 6.92 Å². The molecule has 1 aromatic carbocycles. The van der Waals surface area contributed by atoms with E-state index < -0.39 is 0 Å². The summed E-state index contributed by atoms with van der Waals surface area (Å²) in [5.74, 6) is 1.45. The molecule has 1 fully saturated rings. The molecule has 34 heavy (non-hydrogen) atoms. The van der Waals surface area contributed by atoms with Crippen molar-refractivity contribution in [2.24, 2.45) is 0 Å². The van der Waals surface area contributed by atoms with E-state index in [-0.39, 0.29) is 23.3 Å². The van der Waals surface area contributed by atoms with Crippen LogP contribution in [0.25, 0.3) is 5.69 Å². The molecule has 0 bridgehead atoms. The molecule has 2 aromatic heterocycles. The summed E-state index contributed by atoms with van der Waals surface area (Å²) >= 11 is 0. The topological polar surface area (TPSA) is 92.4 Å². The first-order valence-electron chi connectivity index (χ1n) is 11.7. The van der Waals surface area contributed by atoms with Gasteiger partial charge in [-0.05, 0) is 44.0 Å². The molecule has 0 atom stereocenters. The zero-order valence-electron chi connectivity index (χ0n) is 20.3. The molecule has 2 N–H and O–H groups in total. The van der Waals surface area contributed by atoms with Gasteiger partial charge in [-0.3, -0.25) is 14.5 Å². The molecule has 180 valence electrons. The molecule has 0 spiro atoms. The fraction of sp³-hybridized carbons (Fsp3) is 0.423. The average molecular weight is 464 g/mol. The summed E-state index contributed by atoms with van der Waals surface area (Å²) in [5, 5.41) is 10.8. The third-order valence-corrected chi connectivity index (χ3v) is 6.00. The normalized spacial score (nSPS) is 15.3. The van der Waals surface area contributed by atoms with Crippen LogP contribution < -0.4 is 10.6 Å². The maximum Gasteiger partial charge on any atom is 0.287 e. The van der Waals surface area contributed by atoms with Crippen molar-refractivity contribution in [3.8, 4) is 5.69 Å². The molecule has 3 aromatic rings. The minimum atomic E-state index is -0.187. The highest BCUT2D eigenvalue weighted by Crippen LogP contribution is 2.26. The van der Waals surface area contributed by atoms with Crippen LogP contribution in [-0.4, -0.2) is 52.2 Å². The number of anilines is 1. The van der Waals surface area contributed by atoms with Crippen molar-refractivity contribution in [1.29, 1.82) is 0 Å². The van der Waals surface area contributed by atoms with Crippen LogP contribution in [-0.2, 0) is 10.2 Å². The maximum absolute atomic E-state index is 12.9. The van der Waals surface area contributed by atoms with Crippen molar-refractivity contribution in [3.05, 3.63) is 65.7 Å². The van der Waals surface area contributed by atoms with Crippen LogP contribution in [0.15, 0.2) is 52.9 Å². The van der Waals surface area contributed by atoms with Gasteiger partial charge in [-0.25, -0.2) is 4.68 Å². The van der Waals surface area contributed by atoms with Crippen LogP contribution in [0.5, 0.6) is 0 Å². The lowest BCUT2D eigenvalue weighted by Crippen LogP contribution is -2.46. The fourth-order valence-corrected chi connectivity index (χ4v) is 4.04. The van der Waals surface area contributed by atoms with Crippen LogP contribution in [0.4, 0.5) is 5.82 Å². The molecular weight excluding hydrogens is 430 g/mol. The predicted octanol–water partition coefficient (Wildman–Crippen LogP) is 3.90. The Labute approximate surface area is 200 Å². The Kier molecular flexibility index (Phi) is 6.88. The van der Waals surface area contributed by atoms with Gasteiger partial charge >= 0.3 is 0 Å². The van der Waals surface area contributed by atoms with Crippen LogP contribution in [0.3, 0.4) is 0 Å². The van der Waals surface area contributed by atoms with Gasteiger partial charge in [0, 0.05) is 30.6 Å². The standard InChI is InChI=1S/C26H33N5O3/c1-18-10-11-21(34-18)25(33)27-19-12-14-30(15-13-19)17-24(32)28-23-16-22(26(2,3)4)29-31(23)20-8-6-5-7-9-20/h5-11,16,19H,12-15,17H2,1-4H3,(H,27,33)(H,28,32). The van der Waals surface area contributed by atoms with Gasteiger partial charge in [-0.15, -0.1) is 0 Å². The minimum absolute atomic E-state index is 0.0751. The number of aromatic nitrogens is 2. The third-order valence-electron chi connectivity index (χ3n) is 6.00. The van der Waals surface area contributed by atoms with Crippen LogP contribution >= 0.6 is 0 Å². The van der Waals surface area contributed by atoms with E-state index in [2.05, 4.69) is 36.3 Å². The summed E-state index contributed by atoms with van der Waals surface area (Å²) in [4.78, 5) is 27.3. The number of hydrogen-bond donors (Lipinski definition) is 2. The zero-order chi connectivity index (χ0) is 24.3. The Morgan fingerprint density at radius 3 is 2.41 bits per heavy atom. The largest absolute Gasteiger partial charge is 0.456 e. The molecule has 1 saturated heterocycles. The second-order valence-electron chi connectivity index (χ2n) is 9.89. The SMILES string of the molecule is Cc1ccc(C(=O)NC2CCN(CC(=O)Nc3cc(C(C)(C)C)nn3-c3ccccc3)CC2)o1. The summed E-state index contributed by atoms with van der Waals surface area (Å²) in [6.07, 6.45) is 1.57. The molecule has 0 saturated carbocycles. The van der Waals surface area contributed by atoms with E-state index in [1.807, 2.05) is 43.3 Å². The molecule has 1 aliphatic heterocycles. The predicted molar refractivity (Wildman–Crippen MR) is 131 cm³/mol. The minimum Gasteiger partial charge on any atom is -0.456 e. The van der Waals surface area contributed by atoms with Crippen molar-refractivity contribution >= 4 is 17.6 Å². The van der Waals surface area contributed by atoms with Crippen molar-refractivity contribution in [2.75, 3.05) is 25.0 Å². The molecule has 8 heteroatoms. The highest BCUT2D eigenvalue weighted by atomic mass is 16.3. The van der Waals surface area contributed by atoms with Crippen molar-refractivity contribution in [1.82, 2.24) is 20.0 Å². The second kappa shape index (κ2) is 9.85. The summed E-state index contributed by atoms with van der Waals surface area (Å²) in [6.45, 7) is 9.89. The lowest BCUT2D eigenvalue weighted by molar-refractivity contribution is -0.117. The van der Waals surface area contributed by atoms with Crippen molar-refractivity contribution in [3.63, 3.8) is 0 Å². The number of carbonyl (C=O) groups is 2. The molecule has 0 aliphatic carbocycles. The molecule has 1 aliphatic rings. The third kappa shape index (κ3) is 5.75. The number of para-hydroxylation sites is 1. The number of amides is 2. The van der Waals surface area contributed by atoms with Gasteiger partial charge in [0.15, 0.2) is 5.76 Å². The Bertz CT molecular complexity index is 1130. The van der Waals surface area contributed by atoms with Gasteiger partial charge in [0.05, 0.1) is 17.9 Å². The Morgan fingerprint density at radius 1 is 1.09 bits per heavy atom. The number of nitrogens with one attached hydrogen (secondary N) is 2. The fourth-order valence-electron chi connectivity index (χ4n) is 4.04. The summed E-state index contributed by atoms with van der Waals surface area (Å²) in [7, 11) is 0. The molecule has 3 heterocycles. The number of furan rings is 1. The Hall–Kier alpha value is -3.39. The highest BCUT2D eigenvalue weighted by Gasteiger charge is 2.25. The molecular formula is C26H33N5O3. The molecule has 0 radical (unpaired) electrons. The summed E-state index contributed by atoms with van der Waals surface area (Å²) in [6, 6.07) is 15.3. The maximum atomic E-state index is 12.9. The molecule has 8 nitrogen and oxygen atoms in total. The van der Waals surface area contributed by atoms with Crippen LogP contribution in [0.2, 0.25) is 0 Å². The van der Waals surface area contributed by atoms with Gasteiger partial charge < -0.3 is 15.1 Å². The zero-order valence-corrected chi connectivity index (χ0v) is 20.3. The second-order valence-corrected chi connectivity index (χ2v) is 9.89. The molecule has 0 unspecified atom stereocenters. The first-order chi connectivity index (χ1) is 16.2. The van der Waals surface area contributed by atoms with Crippen molar-refractivity contribution < 1.29 is 14.0 Å². The van der Waals surface area contributed by atoms with E-state index in [1.54, 1.807) is 16.8 Å². The van der Waals surface area contributed by atoms with Gasteiger partial charge in [0.2, 0.25) is 5.91 Å². The van der Waals surface area contributed by atoms with E-state index in [0.29, 0.717) is 23.9 Å². The monoisotopic (exact) mass is 463 g/mol. The number of likely N-dealkylation sites (tertiary alicyclic amines) is 1. The molecule has 2 amide bonds. The van der Waals surface area contributed by atoms with Crippen LogP contribution in [0.1, 0.15) is 55.6 Å². The van der Waals surface area contributed by atoms with Gasteiger partial charge in [0.25, 0.3) is 5.91 Å². The van der Waals surface area contributed by atoms with E-state index in [0.717, 1.165) is 37.3 Å². The number of benzene rings is 1. The Morgan fingerprint density at radius 2 is 1.79 bits per heavy atom. The van der Waals surface area contributed by atoms with Gasteiger partial charge in [0.1, 0.15) is 11.6 Å². The number of aryl methyl sites for hydroxylation is 1. The number of carbonyl (C=O) groups excluding carboxylic acids is 2. The van der Waals surface area contributed by atoms with E-state index in [4.69, 9.17) is 9.52 Å². The number of piperidine rings is 1. The lowest BCUT2D eigenvalue weighted by Gasteiger charge is -2.31. The smallest absolute Gasteiger partial charge is 0.287 e. The summed E-state index contributed by atoms with van der Waals surface area (Å²) in [5.41, 5.74) is 1.67. The summed E-state index contributed by atoms with van der Waals surface area (Å²) < 4.78 is 7.19. The quantitative estimate of drug-likeness (QED) is 0.578. The van der Waals surface area contributed by atoms with Gasteiger partial charge in [-0.2, -0.15) is 5.10 Å². The number of rotatable bonds is 6. The first kappa shape index (κ1) is 23.8. The van der Waals surface area contributed by atoms with E-state index in [1.165, 1.54) is 0 Å². The first-order valence-corrected chi connectivity index (χ1v) is 11.7.